The van der Waals surface area contributed by atoms with Gasteiger partial charge in [0.15, 0.2) is 18.9 Å². The molecule has 1 nitrogen and oxygen atoms in total. The highest BCUT2D eigenvalue weighted by molar-refractivity contribution is 7.20. The molecule has 0 bridgehead atoms. The molecule has 0 saturated carbocycles. The van der Waals surface area contributed by atoms with Gasteiger partial charge < -0.3 is 0 Å². The van der Waals surface area contributed by atoms with Gasteiger partial charge in [0.2, 0.25) is 0 Å². The highest BCUT2D eigenvalue weighted by Gasteiger charge is 2.47. The van der Waals surface area contributed by atoms with E-state index in [9.17, 15) is 105 Å². The van der Waals surface area contributed by atoms with Gasteiger partial charge in [0.1, 0.15) is 6.15 Å². The number of rotatable bonds is 6. The van der Waals surface area contributed by atoms with Crippen molar-refractivity contribution in [3.63, 3.8) is 0 Å². The summed E-state index contributed by atoms with van der Waals surface area (Å²) in [6, 6.07) is 7.76. The maximum absolute atomic E-state index is 14.2. The lowest BCUT2D eigenvalue weighted by atomic mass is 9.12. The first-order chi connectivity index (χ1) is 31.7. The van der Waals surface area contributed by atoms with E-state index in [1.54, 1.807) is 0 Å². The van der Waals surface area contributed by atoms with E-state index in [2.05, 4.69) is 41.2 Å². The minimum Gasteiger partial charge on any atom is -0.201 e. The standard InChI is InChI=1S/C32H12BF24.C12H12N/c34-25(35,36)13-1-14(26(37,38)39)6-21(5-13)33(22-7-15(27(40,41)42)2-16(8-22)28(43,44)45,23-9-17(29(46,47)48)3-18(10-23)30(49,50)51)24-11-19(31(52,53)54)4-20(12-24)32(55,56)57;1-3-7-12(8-4-1)11-13-9-5-2-6-10-13/h1-12H;1-10H,11H2/q-1;+1. The Hall–Kier alpha value is -6.37. The van der Waals surface area contributed by atoms with Gasteiger partial charge in [-0.2, -0.15) is 127 Å². The average Bonchev–Trinajstić information content (AvgIpc) is 3.22. The molecule has 0 aliphatic rings. The van der Waals surface area contributed by atoms with Crippen molar-refractivity contribution in [2.24, 2.45) is 0 Å². The van der Waals surface area contributed by atoms with Crippen molar-refractivity contribution < 1.29 is 110 Å². The smallest absolute Gasteiger partial charge is 0.201 e. The molecule has 70 heavy (non-hydrogen) atoms. The molecule has 5 aromatic carbocycles. The third-order valence-electron chi connectivity index (χ3n) is 10.4. The monoisotopic (exact) mass is 1030 g/mol. The summed E-state index contributed by atoms with van der Waals surface area (Å²) in [7, 11) is 0. The van der Waals surface area contributed by atoms with Crippen LogP contribution in [0.5, 0.6) is 0 Å². The Morgan fingerprint density at radius 3 is 0.671 bits per heavy atom. The molecular weight excluding hydrogens is 1010 g/mol. The Labute approximate surface area is 377 Å². The molecule has 0 aliphatic carbocycles. The molecule has 0 unspecified atom stereocenters. The van der Waals surface area contributed by atoms with Crippen molar-refractivity contribution in [3.05, 3.63) is 184 Å². The van der Waals surface area contributed by atoms with Crippen LogP contribution in [-0.2, 0) is 56.0 Å². The fourth-order valence-electron chi connectivity index (χ4n) is 7.40. The second-order valence-corrected chi connectivity index (χ2v) is 15.3. The normalized spacial score (nSPS) is 13.5. The van der Waals surface area contributed by atoms with Gasteiger partial charge in [0.25, 0.3) is 0 Å². The molecule has 1 aromatic heterocycles. The number of aromatic nitrogens is 1. The molecular formula is C44H24BF24N. The molecule has 376 valence electrons. The van der Waals surface area contributed by atoms with E-state index in [1.807, 2.05) is 24.3 Å². The number of alkyl halides is 24. The van der Waals surface area contributed by atoms with Crippen LogP contribution in [0.25, 0.3) is 0 Å². The molecule has 6 aromatic rings. The van der Waals surface area contributed by atoms with Crippen molar-refractivity contribution in [1.29, 1.82) is 0 Å². The van der Waals surface area contributed by atoms with E-state index >= 15 is 0 Å². The summed E-state index contributed by atoms with van der Waals surface area (Å²) < 4.78 is 343. The van der Waals surface area contributed by atoms with E-state index in [-0.39, 0.29) is 0 Å². The number of halogens is 24. The molecule has 0 radical (unpaired) electrons. The summed E-state index contributed by atoms with van der Waals surface area (Å²) in [5.74, 6) is 0. The molecule has 0 saturated heterocycles. The predicted octanol–water partition coefficient (Wildman–Crippen LogP) is 13.2. The van der Waals surface area contributed by atoms with Crippen molar-refractivity contribution >= 4 is 28.0 Å². The summed E-state index contributed by atoms with van der Waals surface area (Å²) >= 11 is 0. The summed E-state index contributed by atoms with van der Waals surface area (Å²) in [5.41, 5.74) is -28.9. The molecule has 6 rings (SSSR count). The van der Waals surface area contributed by atoms with Crippen molar-refractivity contribution in [1.82, 2.24) is 0 Å². The van der Waals surface area contributed by atoms with Crippen LogP contribution in [-0.4, -0.2) is 6.15 Å². The fourth-order valence-corrected chi connectivity index (χ4v) is 7.40. The maximum atomic E-state index is 14.2. The molecule has 0 atom stereocenters. The van der Waals surface area contributed by atoms with E-state index in [0.29, 0.717) is 0 Å². The third kappa shape index (κ3) is 12.7. The highest BCUT2D eigenvalue weighted by atomic mass is 19.4. The first-order valence-electron chi connectivity index (χ1n) is 19.0. The molecule has 0 N–H and O–H groups in total. The number of benzene rings is 5. The molecule has 0 aliphatic heterocycles. The van der Waals surface area contributed by atoms with Gasteiger partial charge in [0.05, 0.1) is 44.5 Å². The fraction of sp³-hybridized carbons (Fsp3) is 0.205. The summed E-state index contributed by atoms with van der Waals surface area (Å²) in [6.45, 7) is 0.946. The van der Waals surface area contributed by atoms with Crippen LogP contribution in [0, 0.1) is 0 Å². The Bertz CT molecular complexity index is 2300. The van der Waals surface area contributed by atoms with Crippen LogP contribution in [0.15, 0.2) is 134 Å². The number of nitrogens with zero attached hydrogens (tertiary/aromatic N) is 1. The van der Waals surface area contributed by atoms with Gasteiger partial charge in [-0.15, -0.1) is 0 Å². The Morgan fingerprint density at radius 1 is 0.271 bits per heavy atom. The van der Waals surface area contributed by atoms with Crippen molar-refractivity contribution in [2.75, 3.05) is 0 Å². The minimum absolute atomic E-state index is 0.691. The van der Waals surface area contributed by atoms with Gasteiger partial charge in [-0.05, 0) is 24.3 Å². The first kappa shape index (κ1) is 54.6. The van der Waals surface area contributed by atoms with E-state index in [4.69, 9.17) is 0 Å². The molecule has 0 spiro atoms. The van der Waals surface area contributed by atoms with E-state index in [1.165, 1.54) is 5.56 Å². The van der Waals surface area contributed by atoms with Crippen molar-refractivity contribution in [3.8, 4) is 0 Å². The number of hydrogen-bond acceptors (Lipinski definition) is 0. The van der Waals surface area contributed by atoms with Crippen molar-refractivity contribution in [2.45, 2.75) is 56.0 Å². The zero-order valence-corrected chi connectivity index (χ0v) is 34.0. The summed E-state index contributed by atoms with van der Waals surface area (Å²) in [6.07, 6.45) is -50.7. The molecule has 0 fully saturated rings. The Balaban J connectivity index is 0.000000600. The van der Waals surface area contributed by atoms with Gasteiger partial charge in [0, 0.05) is 17.7 Å². The van der Waals surface area contributed by atoms with Gasteiger partial charge in [-0.1, -0.05) is 84.9 Å². The van der Waals surface area contributed by atoms with E-state index < -0.39 is 195 Å². The van der Waals surface area contributed by atoms with Crippen LogP contribution in [0.2, 0.25) is 0 Å². The molecule has 0 amide bonds. The first-order valence-corrected chi connectivity index (χ1v) is 19.0. The Kier molecular flexibility index (Phi) is 14.6. The lowest BCUT2D eigenvalue weighted by Gasteiger charge is -2.46. The summed E-state index contributed by atoms with van der Waals surface area (Å²) in [4.78, 5) is 0. The van der Waals surface area contributed by atoms with Crippen LogP contribution in [0.4, 0.5) is 105 Å². The summed E-state index contributed by atoms with van der Waals surface area (Å²) in [5, 5.41) is 0. The topological polar surface area (TPSA) is 3.88 Å². The quantitative estimate of drug-likeness (QED) is 0.0889. The molecule has 1 heterocycles. The lowest BCUT2D eigenvalue weighted by Crippen LogP contribution is -2.75. The SMILES string of the molecule is FC(F)(F)c1cc([B-](c2cc(C(F)(F)F)cc(C(F)(F)F)c2)(c2cc(C(F)(F)F)cc(C(F)(F)F)c2)c2cc(C(F)(F)F)cc(C(F)(F)F)c2)cc(C(F)(F)F)c1.c1ccc(C[n+]2ccccc2)cc1. The predicted molar refractivity (Wildman–Crippen MR) is 202 cm³/mol. The van der Waals surface area contributed by atoms with Crippen LogP contribution < -0.4 is 26.4 Å². The second-order valence-electron chi connectivity index (χ2n) is 15.3. The number of hydrogen-bond donors (Lipinski definition) is 0. The van der Waals surface area contributed by atoms with Crippen LogP contribution in [0.1, 0.15) is 50.1 Å². The van der Waals surface area contributed by atoms with Gasteiger partial charge >= 0.3 is 49.4 Å². The van der Waals surface area contributed by atoms with Crippen LogP contribution in [0.3, 0.4) is 0 Å². The average molecular weight is 1030 g/mol. The zero-order valence-electron chi connectivity index (χ0n) is 34.0. The van der Waals surface area contributed by atoms with Crippen LogP contribution >= 0.6 is 0 Å². The number of pyridine rings is 1. The zero-order chi connectivity index (χ0) is 52.8. The Morgan fingerprint density at radius 2 is 0.471 bits per heavy atom. The lowest BCUT2D eigenvalue weighted by molar-refractivity contribution is -0.688. The van der Waals surface area contributed by atoms with Gasteiger partial charge in [-0.25, -0.2) is 4.57 Å². The minimum atomic E-state index is -6.13. The van der Waals surface area contributed by atoms with E-state index in [0.717, 1.165) is 6.54 Å². The maximum Gasteiger partial charge on any atom is 0.416 e. The highest BCUT2D eigenvalue weighted by Crippen LogP contribution is 2.41. The van der Waals surface area contributed by atoms with Gasteiger partial charge in [-0.3, -0.25) is 0 Å². The largest absolute Gasteiger partial charge is 0.416 e. The molecule has 26 heteroatoms. The third-order valence-corrected chi connectivity index (χ3v) is 10.4. The second kappa shape index (κ2) is 18.8.